The summed E-state index contributed by atoms with van der Waals surface area (Å²) in [6.07, 6.45) is 17.9. The van der Waals surface area contributed by atoms with Crippen molar-refractivity contribution in [3.63, 3.8) is 0 Å². The van der Waals surface area contributed by atoms with Gasteiger partial charge in [-0.15, -0.1) is 0 Å². The molecular weight excluding hydrogens is 463 g/mol. The molecule has 0 amide bonds. The second-order valence-corrected chi connectivity index (χ2v) is 14.4. The first kappa shape index (κ1) is 31.5. The fourth-order valence-corrected chi connectivity index (χ4v) is 9.48. The Morgan fingerprint density at radius 2 is 1.00 bits per heavy atom. The molecular formula is C24H42O7PS+. The highest BCUT2D eigenvalue weighted by molar-refractivity contribution is 7.85. The molecule has 1 aromatic carbocycles. The predicted molar refractivity (Wildman–Crippen MR) is 136 cm³/mol. The first-order valence-electron chi connectivity index (χ1n) is 11.9. The maximum absolute atomic E-state index is 10.8. The quantitative estimate of drug-likeness (QED) is 0.182. The van der Waals surface area contributed by atoms with E-state index < -0.39 is 45.3 Å². The second kappa shape index (κ2) is 16.2. The minimum Gasteiger partial charge on any atom is -0.478 e. The predicted octanol–water partition coefficient (Wildman–Crippen LogP) is 6.53. The van der Waals surface area contributed by atoms with Crippen LogP contribution in [0.1, 0.15) is 99.8 Å². The summed E-state index contributed by atoms with van der Waals surface area (Å²) in [6.45, 7) is 9.42. The number of carbonyl (C=O) groups is 2. The number of carboxylic acids is 2. The van der Waals surface area contributed by atoms with Crippen molar-refractivity contribution >= 4 is 29.3 Å². The second-order valence-electron chi connectivity index (χ2n) is 8.48. The van der Waals surface area contributed by atoms with Crippen LogP contribution in [0.25, 0.3) is 0 Å². The molecule has 0 unspecified atom stereocenters. The minimum atomic E-state index is -4.64. The van der Waals surface area contributed by atoms with E-state index in [1.807, 2.05) is 0 Å². The lowest BCUT2D eigenvalue weighted by molar-refractivity contribution is 0.0696. The van der Waals surface area contributed by atoms with Gasteiger partial charge in [-0.05, 0) is 43.9 Å². The number of carboxylic acid groups (broad SMARTS) is 2. The lowest BCUT2D eigenvalue weighted by Gasteiger charge is -2.28. The molecule has 0 aliphatic rings. The zero-order chi connectivity index (χ0) is 25.5. The molecule has 3 N–H and O–H groups in total. The topological polar surface area (TPSA) is 129 Å². The number of aromatic carboxylic acids is 2. The van der Waals surface area contributed by atoms with Crippen LogP contribution in [0.2, 0.25) is 0 Å². The summed E-state index contributed by atoms with van der Waals surface area (Å²) in [7, 11) is -5.20. The Hall–Kier alpha value is -1.50. The number of hydrogen-bond acceptors (Lipinski definition) is 4. The maximum atomic E-state index is 10.8. The normalized spacial score (nSPS) is 11.5. The van der Waals surface area contributed by atoms with Crippen molar-refractivity contribution in [1.29, 1.82) is 0 Å². The molecule has 0 saturated heterocycles. The van der Waals surface area contributed by atoms with Crippen LogP contribution in [-0.4, -0.2) is 59.8 Å². The van der Waals surface area contributed by atoms with Crippen LogP contribution in [0, 0.1) is 0 Å². The van der Waals surface area contributed by atoms with Crippen LogP contribution >= 0.6 is 7.26 Å². The lowest BCUT2D eigenvalue weighted by atomic mass is 10.1. The van der Waals surface area contributed by atoms with E-state index in [0.29, 0.717) is 12.1 Å². The van der Waals surface area contributed by atoms with Gasteiger partial charge in [0.2, 0.25) is 0 Å². The van der Waals surface area contributed by atoms with Crippen molar-refractivity contribution in [2.24, 2.45) is 0 Å². The highest BCUT2D eigenvalue weighted by Crippen LogP contribution is 2.61. The van der Waals surface area contributed by atoms with Gasteiger partial charge < -0.3 is 10.2 Å². The van der Waals surface area contributed by atoms with Gasteiger partial charge in [0.25, 0.3) is 10.1 Å². The smallest absolute Gasteiger partial charge is 0.335 e. The third-order valence-electron chi connectivity index (χ3n) is 5.64. The number of unbranched alkanes of at least 4 members (excludes halogenated alkanes) is 4. The average molecular weight is 506 g/mol. The van der Waals surface area contributed by atoms with Crippen molar-refractivity contribution in [3.8, 4) is 0 Å². The minimum absolute atomic E-state index is 0.535. The first-order chi connectivity index (χ1) is 15.5. The van der Waals surface area contributed by atoms with Gasteiger partial charge in [-0.2, -0.15) is 8.42 Å². The fraction of sp³-hybridized carbons (Fsp3) is 0.667. The molecule has 1 aromatic rings. The van der Waals surface area contributed by atoms with Crippen molar-refractivity contribution in [1.82, 2.24) is 0 Å². The standard InChI is InChI=1S/C16H36P.C8H6O7S/c1-5-9-13-17(14-10-6-2,15-11-7-3)16-12-8-4;9-7(10)4-1-5(8(11)12)3-6(2-4)16(13,14)15/h5-16H2,1-4H3;1-3H,(H,9,10)(H,11,12)(H,13,14,15)/q+1;. The lowest BCUT2D eigenvalue weighted by Crippen LogP contribution is -2.12. The van der Waals surface area contributed by atoms with Gasteiger partial charge in [0.1, 0.15) is 0 Å². The van der Waals surface area contributed by atoms with Gasteiger partial charge >= 0.3 is 11.9 Å². The maximum Gasteiger partial charge on any atom is 0.335 e. The van der Waals surface area contributed by atoms with Gasteiger partial charge in [-0.3, -0.25) is 4.55 Å². The zero-order valence-corrected chi connectivity index (χ0v) is 22.3. The Labute approximate surface area is 200 Å². The third kappa shape index (κ3) is 12.5. The third-order valence-corrected chi connectivity index (χ3v) is 11.5. The van der Waals surface area contributed by atoms with E-state index in [1.54, 1.807) is 24.6 Å². The molecule has 0 heterocycles. The van der Waals surface area contributed by atoms with Crippen LogP contribution in [0.3, 0.4) is 0 Å². The van der Waals surface area contributed by atoms with E-state index >= 15 is 0 Å². The van der Waals surface area contributed by atoms with Crippen LogP contribution in [0.4, 0.5) is 0 Å². The Kier molecular flexibility index (Phi) is 15.4. The van der Waals surface area contributed by atoms with Crippen LogP contribution in [0.5, 0.6) is 0 Å². The molecule has 0 aliphatic heterocycles. The van der Waals surface area contributed by atoms with Gasteiger partial charge in [-0.1, -0.05) is 53.4 Å². The van der Waals surface area contributed by atoms with E-state index in [4.69, 9.17) is 14.8 Å². The monoisotopic (exact) mass is 505 g/mol. The van der Waals surface area contributed by atoms with Crippen molar-refractivity contribution in [3.05, 3.63) is 29.3 Å². The Bertz CT molecular complexity index is 767. The molecule has 7 nitrogen and oxygen atoms in total. The van der Waals surface area contributed by atoms with E-state index in [-0.39, 0.29) is 0 Å². The molecule has 0 radical (unpaired) electrons. The summed E-state index contributed by atoms with van der Waals surface area (Å²) in [4.78, 5) is 20.4. The molecule has 190 valence electrons. The molecule has 0 atom stereocenters. The Morgan fingerprint density at radius 3 is 1.21 bits per heavy atom. The van der Waals surface area contributed by atoms with E-state index in [2.05, 4.69) is 27.7 Å². The molecule has 9 heteroatoms. The summed E-state index contributed by atoms with van der Waals surface area (Å²) >= 11 is 0. The summed E-state index contributed by atoms with van der Waals surface area (Å²) < 4.78 is 30.2. The summed E-state index contributed by atoms with van der Waals surface area (Å²) in [5, 5.41) is 17.2. The molecule has 33 heavy (non-hydrogen) atoms. The van der Waals surface area contributed by atoms with Crippen molar-refractivity contribution in [2.75, 3.05) is 24.6 Å². The van der Waals surface area contributed by atoms with Gasteiger partial charge in [0, 0.05) is 7.26 Å². The molecule has 0 bridgehead atoms. The molecule has 0 spiro atoms. The van der Waals surface area contributed by atoms with Crippen LogP contribution in [0.15, 0.2) is 23.1 Å². The van der Waals surface area contributed by atoms with E-state index in [1.165, 1.54) is 51.4 Å². The average Bonchev–Trinajstić information content (AvgIpc) is 2.77. The Morgan fingerprint density at radius 1 is 0.697 bits per heavy atom. The van der Waals surface area contributed by atoms with Gasteiger partial charge in [-0.25, -0.2) is 9.59 Å². The highest BCUT2D eigenvalue weighted by Gasteiger charge is 2.34. The van der Waals surface area contributed by atoms with Gasteiger partial charge in [0.15, 0.2) is 0 Å². The molecule has 1 rings (SSSR count). The molecule has 0 fully saturated rings. The zero-order valence-electron chi connectivity index (χ0n) is 20.5. The van der Waals surface area contributed by atoms with E-state index in [9.17, 15) is 18.0 Å². The summed E-state index contributed by atoms with van der Waals surface area (Å²) in [6, 6.07) is 2.13. The number of rotatable bonds is 15. The van der Waals surface area contributed by atoms with Crippen molar-refractivity contribution < 1.29 is 32.8 Å². The molecule has 0 saturated carbocycles. The Balaban J connectivity index is 0.000000621. The largest absolute Gasteiger partial charge is 0.478 e. The first-order valence-corrected chi connectivity index (χ1v) is 15.9. The van der Waals surface area contributed by atoms with Crippen molar-refractivity contribution in [2.45, 2.75) is 84.0 Å². The van der Waals surface area contributed by atoms with Crippen LogP contribution in [-0.2, 0) is 10.1 Å². The molecule has 0 aliphatic carbocycles. The van der Waals surface area contributed by atoms with E-state index in [0.717, 1.165) is 6.07 Å². The number of benzene rings is 1. The fourth-order valence-electron chi connectivity index (χ4n) is 3.64. The van der Waals surface area contributed by atoms with Gasteiger partial charge in [0.05, 0.1) is 40.7 Å². The SMILES string of the molecule is CCCC[P+](CCCC)(CCCC)CCCC.O=C(O)c1cc(C(=O)O)cc(S(=O)(=O)O)c1. The van der Waals surface area contributed by atoms with Crippen LogP contribution < -0.4 is 0 Å². The highest BCUT2D eigenvalue weighted by atomic mass is 32.2. The number of hydrogen-bond donors (Lipinski definition) is 3. The summed E-state index contributed by atoms with van der Waals surface area (Å²) in [5.41, 5.74) is -1.07. The molecule has 0 aromatic heterocycles. The summed E-state index contributed by atoms with van der Waals surface area (Å²) in [5.74, 6) is -2.99.